The van der Waals surface area contributed by atoms with Crippen molar-refractivity contribution in [3.8, 4) is 0 Å². The molecule has 300 valence electrons. The fourth-order valence-corrected chi connectivity index (χ4v) is 11.3. The number of fused-ring (bicyclic) bond motifs is 1. The molecule has 5 amide bonds. The lowest BCUT2D eigenvalue weighted by Gasteiger charge is -2.44. The third-order valence-electron chi connectivity index (χ3n) is 13.8. The molecule has 14 heteroatoms. The van der Waals surface area contributed by atoms with Crippen LogP contribution in [0.1, 0.15) is 138 Å². The summed E-state index contributed by atoms with van der Waals surface area (Å²) < 4.78 is 26.4. The lowest BCUT2D eigenvalue weighted by molar-refractivity contribution is -0.146. The number of Topliss-reactive ketones (excluding diaryl/α,β-unsaturated/α-hetero) is 1. The Balaban J connectivity index is 1.40. The number of aliphatic hydroxyl groups excluding tert-OH is 1. The topological polar surface area (TPSA) is 191 Å². The van der Waals surface area contributed by atoms with Crippen molar-refractivity contribution in [1.82, 2.24) is 26.2 Å². The number of aliphatic hydroxyl groups is 1. The summed E-state index contributed by atoms with van der Waals surface area (Å²) in [5.41, 5.74) is -2.19. The van der Waals surface area contributed by atoms with Crippen LogP contribution in [0.3, 0.4) is 0 Å². The highest BCUT2D eigenvalue weighted by molar-refractivity contribution is 7.92. The molecule has 0 aromatic heterocycles. The number of hydrogen-bond donors (Lipinski definition) is 5. The van der Waals surface area contributed by atoms with Gasteiger partial charge >= 0.3 is 6.03 Å². The molecule has 5 fully saturated rings. The first-order valence-corrected chi connectivity index (χ1v) is 21.9. The maximum Gasteiger partial charge on any atom is 0.315 e. The lowest BCUT2D eigenvalue weighted by Crippen LogP contribution is -2.65. The SMILES string of the molecule is CCCC(NC(=O)[C@@H]1[C@@H]2[C@H](CN1C(=O)[C@@H](NC(=O)NC1(CS(=O)(=O)C(C)(C)CC)CCCCC1)C1(C)CCCCC1)[C@@]2(C)CO)C(=O)C(=O)NC1CC1. The van der Waals surface area contributed by atoms with Crippen molar-refractivity contribution in [2.24, 2.45) is 22.7 Å². The molecule has 1 unspecified atom stereocenters. The largest absolute Gasteiger partial charge is 0.396 e. The summed E-state index contributed by atoms with van der Waals surface area (Å²) in [4.78, 5) is 70.8. The van der Waals surface area contributed by atoms with E-state index in [1.54, 1.807) is 13.8 Å². The second-order valence-electron chi connectivity index (χ2n) is 18.2. The van der Waals surface area contributed by atoms with Crippen molar-refractivity contribution in [3.05, 3.63) is 0 Å². The second kappa shape index (κ2) is 15.8. The van der Waals surface area contributed by atoms with Gasteiger partial charge in [0.15, 0.2) is 9.84 Å². The third kappa shape index (κ3) is 8.58. The van der Waals surface area contributed by atoms with E-state index < -0.39 is 78.6 Å². The van der Waals surface area contributed by atoms with Crippen LogP contribution < -0.4 is 21.3 Å². The van der Waals surface area contributed by atoms with Crippen molar-refractivity contribution < 1.29 is 37.5 Å². The molecule has 0 bridgehead atoms. The molecule has 1 heterocycles. The average Bonchev–Trinajstić information content (AvgIpc) is 3.99. The van der Waals surface area contributed by atoms with Gasteiger partial charge in [-0.15, -0.1) is 0 Å². The normalized spacial score (nSPS) is 28.9. The molecule has 5 rings (SSSR count). The van der Waals surface area contributed by atoms with Crippen molar-refractivity contribution in [3.63, 3.8) is 0 Å². The van der Waals surface area contributed by atoms with Gasteiger partial charge in [-0.1, -0.05) is 72.6 Å². The Morgan fingerprint density at radius 3 is 2.06 bits per heavy atom. The molecule has 0 aromatic carbocycles. The van der Waals surface area contributed by atoms with E-state index in [9.17, 15) is 37.5 Å². The van der Waals surface area contributed by atoms with Crippen LogP contribution in [0.4, 0.5) is 4.79 Å². The predicted octanol–water partition coefficient (Wildman–Crippen LogP) is 3.52. The van der Waals surface area contributed by atoms with E-state index in [0.717, 1.165) is 51.4 Å². The summed E-state index contributed by atoms with van der Waals surface area (Å²) in [6.07, 6.45) is 10.5. The van der Waals surface area contributed by atoms with Crippen molar-refractivity contribution >= 4 is 39.4 Å². The second-order valence-corrected chi connectivity index (χ2v) is 20.8. The Kier molecular flexibility index (Phi) is 12.3. The van der Waals surface area contributed by atoms with Crippen molar-refractivity contribution in [1.29, 1.82) is 0 Å². The predicted molar refractivity (Wildman–Crippen MR) is 201 cm³/mol. The van der Waals surface area contributed by atoms with Gasteiger partial charge in [-0.25, -0.2) is 13.2 Å². The third-order valence-corrected chi connectivity index (χ3v) is 16.7. The Labute approximate surface area is 316 Å². The number of nitrogens with zero attached hydrogens (tertiary/aromatic N) is 1. The smallest absolute Gasteiger partial charge is 0.315 e. The maximum atomic E-state index is 14.9. The van der Waals surface area contributed by atoms with E-state index in [2.05, 4.69) is 21.3 Å². The van der Waals surface area contributed by atoms with Crippen LogP contribution in [0.15, 0.2) is 0 Å². The van der Waals surface area contributed by atoms with Gasteiger partial charge in [-0.3, -0.25) is 19.2 Å². The minimum atomic E-state index is -3.60. The number of carbonyl (C=O) groups is 5. The molecule has 1 aliphatic heterocycles. The number of likely N-dealkylation sites (tertiary alicyclic amines) is 1. The first-order valence-electron chi connectivity index (χ1n) is 20.2. The zero-order valence-corrected chi connectivity index (χ0v) is 33.7. The Morgan fingerprint density at radius 1 is 0.906 bits per heavy atom. The molecular formula is C39H65N5O8S. The van der Waals surface area contributed by atoms with Gasteiger partial charge in [0.1, 0.15) is 12.1 Å². The summed E-state index contributed by atoms with van der Waals surface area (Å²) in [7, 11) is -3.60. The van der Waals surface area contributed by atoms with Gasteiger partial charge in [-0.2, -0.15) is 0 Å². The molecule has 6 atom stereocenters. The van der Waals surface area contributed by atoms with Crippen LogP contribution >= 0.6 is 0 Å². The number of sulfone groups is 1. The van der Waals surface area contributed by atoms with Crippen molar-refractivity contribution in [2.75, 3.05) is 18.9 Å². The van der Waals surface area contributed by atoms with Gasteiger partial charge in [0.2, 0.25) is 17.6 Å². The number of ketones is 1. The average molecular weight is 764 g/mol. The van der Waals surface area contributed by atoms with Crippen LogP contribution in [0, 0.1) is 22.7 Å². The van der Waals surface area contributed by atoms with Gasteiger partial charge in [-0.05, 0) is 76.5 Å². The van der Waals surface area contributed by atoms with Gasteiger partial charge in [0, 0.05) is 30.5 Å². The molecular weight excluding hydrogens is 699 g/mol. The number of piperidine rings is 1. The van der Waals surface area contributed by atoms with E-state index in [4.69, 9.17) is 0 Å². The number of amides is 5. The Morgan fingerprint density at radius 2 is 1.51 bits per heavy atom. The lowest BCUT2D eigenvalue weighted by atomic mass is 9.70. The monoisotopic (exact) mass is 763 g/mol. The van der Waals surface area contributed by atoms with E-state index in [1.165, 1.54) is 4.90 Å². The van der Waals surface area contributed by atoms with E-state index in [0.29, 0.717) is 38.5 Å². The summed E-state index contributed by atoms with van der Waals surface area (Å²) in [6.45, 7) is 11.1. The number of urea groups is 1. The molecule has 4 aliphatic carbocycles. The van der Waals surface area contributed by atoms with E-state index >= 15 is 0 Å². The quantitative estimate of drug-likeness (QED) is 0.148. The van der Waals surface area contributed by atoms with Gasteiger partial charge in [0.25, 0.3) is 5.91 Å². The molecule has 5 N–H and O–H groups in total. The van der Waals surface area contributed by atoms with E-state index in [-0.39, 0.29) is 43.2 Å². The fraction of sp³-hybridized carbons (Fsp3) is 0.872. The summed E-state index contributed by atoms with van der Waals surface area (Å²) >= 11 is 0. The fourth-order valence-electron chi connectivity index (χ4n) is 9.40. The van der Waals surface area contributed by atoms with Crippen LogP contribution in [0.25, 0.3) is 0 Å². The molecule has 4 saturated carbocycles. The number of hydrogen-bond acceptors (Lipinski definition) is 8. The minimum absolute atomic E-state index is 0.0202. The summed E-state index contributed by atoms with van der Waals surface area (Å²) in [5, 5.41) is 22.0. The Hall–Kier alpha value is -2.74. The highest BCUT2D eigenvalue weighted by Gasteiger charge is 2.72. The van der Waals surface area contributed by atoms with Crippen LogP contribution in [-0.2, 0) is 29.0 Å². The Bertz CT molecular complexity index is 1520. The molecule has 5 aliphatic rings. The van der Waals surface area contributed by atoms with Gasteiger partial charge in [0.05, 0.1) is 22.1 Å². The van der Waals surface area contributed by atoms with Crippen LogP contribution in [0.5, 0.6) is 0 Å². The van der Waals surface area contributed by atoms with Crippen molar-refractivity contribution in [2.45, 2.75) is 172 Å². The number of nitrogens with one attached hydrogen (secondary N) is 4. The molecule has 0 aromatic rings. The zero-order valence-electron chi connectivity index (χ0n) is 32.9. The molecule has 1 saturated heterocycles. The van der Waals surface area contributed by atoms with Crippen LogP contribution in [-0.4, -0.2) is 101 Å². The highest BCUT2D eigenvalue weighted by atomic mass is 32.2. The summed E-state index contributed by atoms with van der Waals surface area (Å²) in [5.74, 6) is -3.09. The maximum absolute atomic E-state index is 14.9. The molecule has 0 radical (unpaired) electrons. The molecule has 0 spiro atoms. The first kappa shape index (κ1) is 41.4. The molecule has 53 heavy (non-hydrogen) atoms. The minimum Gasteiger partial charge on any atom is -0.396 e. The number of rotatable bonds is 16. The van der Waals surface area contributed by atoms with Crippen LogP contribution in [0.2, 0.25) is 0 Å². The highest BCUT2D eigenvalue weighted by Crippen LogP contribution is 2.65. The first-order chi connectivity index (χ1) is 24.9. The van der Waals surface area contributed by atoms with Gasteiger partial charge < -0.3 is 31.3 Å². The molecule has 13 nitrogen and oxygen atoms in total. The van der Waals surface area contributed by atoms with E-state index in [1.807, 2.05) is 27.7 Å². The summed E-state index contributed by atoms with van der Waals surface area (Å²) in [6, 6.07) is -3.68. The number of carbonyl (C=O) groups excluding carboxylic acids is 5. The zero-order chi connectivity index (χ0) is 39.0. The standard InChI is InChI=1S/C39H65N5O8S/c1-7-15-27(30(46)33(48)40-25-16-17-25)41-32(47)29-28-26(38(28,6)23-45)22-44(29)34(49)31(37(5)18-11-9-12-19-37)42-35(50)43-39(20-13-10-14-21-39)24-53(51,52)36(3,4)8-2/h25-29,31,45H,7-24H2,1-6H3,(H,40,48)(H,41,47)(H2,42,43,50)/t26-,27?,28-,29-,31+,38+/m0/s1.